The van der Waals surface area contributed by atoms with E-state index < -0.39 is 5.82 Å². The number of allylic oxidation sites excluding steroid dienone is 3. The summed E-state index contributed by atoms with van der Waals surface area (Å²) in [5.74, 6) is 0.368. The highest BCUT2D eigenvalue weighted by Gasteiger charge is 2.10. The molecule has 0 atom stereocenters. The average Bonchev–Trinajstić information content (AvgIpc) is 2.32. The predicted octanol–water partition coefficient (Wildman–Crippen LogP) is 3.10. The van der Waals surface area contributed by atoms with Crippen molar-refractivity contribution in [1.82, 2.24) is 4.98 Å². The van der Waals surface area contributed by atoms with E-state index in [1.54, 1.807) is 6.07 Å². The second-order valence-corrected chi connectivity index (χ2v) is 3.75. The molecule has 4 heteroatoms. The van der Waals surface area contributed by atoms with E-state index in [1.165, 1.54) is 12.3 Å². The van der Waals surface area contributed by atoms with E-state index >= 15 is 0 Å². The normalized spacial score (nSPS) is 14.6. The lowest BCUT2D eigenvalue weighted by Gasteiger charge is -2.13. The number of hydrogen-bond acceptors (Lipinski definition) is 3. The van der Waals surface area contributed by atoms with Gasteiger partial charge in [-0.2, -0.15) is 5.26 Å². The van der Waals surface area contributed by atoms with Gasteiger partial charge in [-0.25, -0.2) is 9.37 Å². The first-order valence-electron chi connectivity index (χ1n) is 5.31. The van der Waals surface area contributed by atoms with Crippen LogP contribution in [0.25, 0.3) is 0 Å². The number of nitrogens with zero attached hydrogens (tertiary/aromatic N) is 2. The summed E-state index contributed by atoms with van der Waals surface area (Å²) in [6.07, 6.45) is 7.30. The van der Waals surface area contributed by atoms with Gasteiger partial charge in [0.25, 0.3) is 0 Å². The first kappa shape index (κ1) is 11.3. The highest BCUT2D eigenvalue weighted by Crippen LogP contribution is 2.23. The number of halogens is 1. The summed E-state index contributed by atoms with van der Waals surface area (Å²) in [4.78, 5) is 3.68. The third kappa shape index (κ3) is 2.51. The minimum absolute atomic E-state index is 0.220. The first-order valence-corrected chi connectivity index (χ1v) is 5.31. The third-order valence-corrected chi connectivity index (χ3v) is 2.49. The smallest absolute Gasteiger partial charge is 0.176 e. The zero-order valence-corrected chi connectivity index (χ0v) is 9.40. The Labute approximate surface area is 98.9 Å². The molecule has 3 nitrogen and oxygen atoms in total. The second-order valence-electron chi connectivity index (χ2n) is 3.75. The number of hydrogen-bond donors (Lipinski definition) is 0. The van der Waals surface area contributed by atoms with Crippen LogP contribution in [0.15, 0.2) is 35.7 Å². The van der Waals surface area contributed by atoms with Crippen LogP contribution >= 0.6 is 0 Å². The molecular formula is C13H11FN2O. The number of ether oxygens (including phenoxy) is 1. The van der Waals surface area contributed by atoms with Crippen LogP contribution in [0.3, 0.4) is 0 Å². The van der Waals surface area contributed by atoms with Gasteiger partial charge in [-0.1, -0.05) is 6.08 Å². The summed E-state index contributed by atoms with van der Waals surface area (Å²) in [5, 5.41) is 8.56. The van der Waals surface area contributed by atoms with E-state index in [9.17, 15) is 4.39 Å². The molecule has 0 radical (unpaired) electrons. The van der Waals surface area contributed by atoms with Crippen molar-refractivity contribution in [2.24, 2.45) is 0 Å². The summed E-state index contributed by atoms with van der Waals surface area (Å²) in [7, 11) is 0. The molecule has 0 bridgehead atoms. The fourth-order valence-electron chi connectivity index (χ4n) is 1.58. The maximum absolute atomic E-state index is 13.3. The van der Waals surface area contributed by atoms with Gasteiger partial charge in [0.2, 0.25) is 0 Å². The Morgan fingerprint density at radius 1 is 1.41 bits per heavy atom. The molecular weight excluding hydrogens is 219 g/mol. The van der Waals surface area contributed by atoms with Crippen LogP contribution in [0.1, 0.15) is 25.5 Å². The van der Waals surface area contributed by atoms with Crippen LogP contribution in [-0.2, 0) is 0 Å². The van der Waals surface area contributed by atoms with Gasteiger partial charge in [-0.05, 0) is 31.4 Å². The third-order valence-electron chi connectivity index (χ3n) is 2.49. The number of pyridine rings is 1. The second kappa shape index (κ2) is 4.79. The van der Waals surface area contributed by atoms with Crippen molar-refractivity contribution in [2.75, 3.05) is 0 Å². The molecule has 1 aliphatic carbocycles. The van der Waals surface area contributed by atoms with E-state index in [1.807, 2.05) is 13.0 Å². The highest BCUT2D eigenvalue weighted by molar-refractivity contribution is 5.34. The van der Waals surface area contributed by atoms with Crippen molar-refractivity contribution in [3.8, 4) is 11.8 Å². The van der Waals surface area contributed by atoms with Crippen LogP contribution in [-0.4, -0.2) is 4.98 Å². The van der Waals surface area contributed by atoms with Gasteiger partial charge >= 0.3 is 0 Å². The maximum atomic E-state index is 13.3. The first-order chi connectivity index (χ1) is 8.20. The molecule has 0 saturated carbocycles. The standard InChI is InChI=1S/C13H11FN2O/c1-9-4-2-3-5-13(9)17-10-6-11(14)12(7-15)16-8-10/h4-6,8H,2-3H2,1H3. The highest BCUT2D eigenvalue weighted by atomic mass is 19.1. The van der Waals surface area contributed by atoms with Crippen molar-refractivity contribution in [2.45, 2.75) is 19.8 Å². The summed E-state index contributed by atoms with van der Waals surface area (Å²) < 4.78 is 18.8. The molecule has 1 aromatic heterocycles. The average molecular weight is 230 g/mol. The van der Waals surface area contributed by atoms with Crippen molar-refractivity contribution < 1.29 is 9.13 Å². The minimum atomic E-state index is -0.664. The largest absolute Gasteiger partial charge is 0.456 e. The molecule has 1 heterocycles. The van der Waals surface area contributed by atoms with Gasteiger partial charge < -0.3 is 4.74 Å². The monoisotopic (exact) mass is 230 g/mol. The zero-order chi connectivity index (χ0) is 12.3. The van der Waals surface area contributed by atoms with Crippen LogP contribution in [0, 0.1) is 17.1 Å². The van der Waals surface area contributed by atoms with Crippen LogP contribution in [0.2, 0.25) is 0 Å². The number of rotatable bonds is 2. The molecule has 17 heavy (non-hydrogen) atoms. The van der Waals surface area contributed by atoms with E-state index in [4.69, 9.17) is 10.00 Å². The topological polar surface area (TPSA) is 45.9 Å². The molecule has 2 rings (SSSR count). The van der Waals surface area contributed by atoms with Crippen molar-refractivity contribution in [3.05, 3.63) is 47.3 Å². The van der Waals surface area contributed by atoms with Gasteiger partial charge in [0, 0.05) is 6.07 Å². The zero-order valence-electron chi connectivity index (χ0n) is 9.40. The molecule has 0 aliphatic heterocycles. The Hall–Kier alpha value is -2.15. The number of nitriles is 1. The molecule has 1 aromatic rings. The minimum Gasteiger partial charge on any atom is -0.456 e. The lowest BCUT2D eigenvalue weighted by molar-refractivity contribution is 0.423. The van der Waals surface area contributed by atoms with Gasteiger partial charge in [0.1, 0.15) is 17.6 Å². The van der Waals surface area contributed by atoms with Gasteiger partial charge in [-0.15, -0.1) is 0 Å². The summed E-state index contributed by atoms with van der Waals surface area (Å²) in [6.45, 7) is 1.94. The molecule has 0 amide bonds. The molecule has 0 saturated heterocycles. The summed E-state index contributed by atoms with van der Waals surface area (Å²) in [6, 6.07) is 2.84. The quantitative estimate of drug-likeness (QED) is 0.784. The van der Waals surface area contributed by atoms with Crippen molar-refractivity contribution in [3.63, 3.8) is 0 Å². The Morgan fingerprint density at radius 3 is 2.82 bits per heavy atom. The van der Waals surface area contributed by atoms with E-state index in [-0.39, 0.29) is 5.69 Å². The molecule has 86 valence electrons. The molecule has 0 unspecified atom stereocenters. The molecule has 0 spiro atoms. The van der Waals surface area contributed by atoms with Crippen LogP contribution in [0.4, 0.5) is 4.39 Å². The molecule has 0 N–H and O–H groups in total. The van der Waals surface area contributed by atoms with Gasteiger partial charge in [-0.3, -0.25) is 0 Å². The van der Waals surface area contributed by atoms with E-state index in [0.29, 0.717) is 5.75 Å². The summed E-state index contributed by atoms with van der Waals surface area (Å²) >= 11 is 0. The van der Waals surface area contributed by atoms with Crippen molar-refractivity contribution >= 4 is 0 Å². The molecule has 0 fully saturated rings. The summed E-state index contributed by atoms with van der Waals surface area (Å²) in [5.41, 5.74) is 0.809. The number of aromatic nitrogens is 1. The SMILES string of the molecule is CC1=CCCC=C1Oc1cnc(C#N)c(F)c1. The Bertz CT molecular complexity index is 541. The lowest BCUT2D eigenvalue weighted by atomic mass is 10.1. The Kier molecular flexibility index (Phi) is 3.20. The lowest BCUT2D eigenvalue weighted by Crippen LogP contribution is -2.01. The van der Waals surface area contributed by atoms with Crippen LogP contribution in [0.5, 0.6) is 5.75 Å². The molecule has 0 aromatic carbocycles. The van der Waals surface area contributed by atoms with Crippen LogP contribution < -0.4 is 4.74 Å². The van der Waals surface area contributed by atoms with Gasteiger partial charge in [0.15, 0.2) is 11.5 Å². The predicted molar refractivity (Wildman–Crippen MR) is 60.6 cm³/mol. The Morgan fingerprint density at radius 2 is 2.18 bits per heavy atom. The van der Waals surface area contributed by atoms with Gasteiger partial charge in [0.05, 0.1) is 6.20 Å². The maximum Gasteiger partial charge on any atom is 0.176 e. The fourth-order valence-corrected chi connectivity index (χ4v) is 1.58. The van der Waals surface area contributed by atoms with Crippen molar-refractivity contribution in [1.29, 1.82) is 5.26 Å². The van der Waals surface area contributed by atoms with E-state index in [2.05, 4.69) is 11.1 Å². The fraction of sp³-hybridized carbons (Fsp3) is 0.231. The Balaban J connectivity index is 2.20. The van der Waals surface area contributed by atoms with E-state index in [0.717, 1.165) is 24.2 Å². The molecule has 1 aliphatic rings.